The Hall–Kier alpha value is -4.80. The first-order valence-electron chi connectivity index (χ1n) is 10.1. The molecule has 0 atom stereocenters. The second-order valence-electron chi connectivity index (χ2n) is 7.59. The van der Waals surface area contributed by atoms with Crippen molar-refractivity contribution in [1.29, 1.82) is 10.5 Å². The molecule has 0 N–H and O–H groups in total. The molecule has 32 heavy (non-hydrogen) atoms. The Balaban J connectivity index is 1.58. The third kappa shape index (κ3) is 2.61. The van der Waals surface area contributed by atoms with E-state index in [0.29, 0.717) is 22.3 Å². The van der Waals surface area contributed by atoms with Crippen LogP contribution in [0, 0.1) is 22.7 Å². The van der Waals surface area contributed by atoms with Crippen molar-refractivity contribution in [2.75, 3.05) is 0 Å². The molecular formula is C28H14N2O2. The number of rotatable bonds is 2. The minimum Gasteiger partial charge on any atom is -0.456 e. The number of furan rings is 2. The van der Waals surface area contributed by atoms with E-state index in [0.717, 1.165) is 43.9 Å². The van der Waals surface area contributed by atoms with Crippen LogP contribution in [0.3, 0.4) is 0 Å². The summed E-state index contributed by atoms with van der Waals surface area (Å²) in [5.74, 6) is 0. The van der Waals surface area contributed by atoms with Crippen LogP contribution in [0.15, 0.2) is 93.8 Å². The van der Waals surface area contributed by atoms with E-state index in [2.05, 4.69) is 12.1 Å². The van der Waals surface area contributed by atoms with Crippen LogP contribution in [0.4, 0.5) is 0 Å². The average molecular weight is 410 g/mol. The molecule has 0 saturated heterocycles. The van der Waals surface area contributed by atoms with Gasteiger partial charge in [-0.2, -0.15) is 10.5 Å². The van der Waals surface area contributed by atoms with E-state index < -0.39 is 0 Å². The molecular weight excluding hydrogens is 396 g/mol. The molecule has 0 radical (unpaired) electrons. The molecule has 4 aromatic carbocycles. The molecule has 2 heterocycles. The summed E-state index contributed by atoms with van der Waals surface area (Å²) in [7, 11) is 0. The van der Waals surface area contributed by atoms with Crippen LogP contribution >= 0.6 is 0 Å². The summed E-state index contributed by atoms with van der Waals surface area (Å²) in [6.07, 6.45) is 0. The summed E-state index contributed by atoms with van der Waals surface area (Å²) >= 11 is 0. The molecule has 6 rings (SSSR count). The van der Waals surface area contributed by atoms with Crippen LogP contribution in [-0.4, -0.2) is 0 Å². The van der Waals surface area contributed by atoms with Gasteiger partial charge < -0.3 is 8.83 Å². The normalized spacial score (nSPS) is 12.2. The highest BCUT2D eigenvalue weighted by molar-refractivity contribution is 6.11. The Morgan fingerprint density at radius 2 is 0.906 bits per heavy atom. The first-order chi connectivity index (χ1) is 15.8. The molecule has 148 valence electrons. The van der Waals surface area contributed by atoms with Gasteiger partial charge in [0.2, 0.25) is 0 Å². The second-order valence-corrected chi connectivity index (χ2v) is 7.59. The van der Waals surface area contributed by atoms with Gasteiger partial charge in [-0.05, 0) is 59.7 Å². The van der Waals surface area contributed by atoms with Gasteiger partial charge in [-0.15, -0.1) is 0 Å². The molecule has 6 aromatic rings. The van der Waals surface area contributed by atoms with Crippen LogP contribution in [0.1, 0.15) is 11.1 Å². The number of hydrogen-bond donors (Lipinski definition) is 0. The van der Waals surface area contributed by atoms with Crippen LogP contribution in [-0.2, 0) is 0 Å². The van der Waals surface area contributed by atoms with E-state index in [1.54, 1.807) is 0 Å². The minimum absolute atomic E-state index is 0.326. The number of nitrogens with zero attached hydrogens (tertiary/aromatic N) is 2. The van der Waals surface area contributed by atoms with E-state index in [1.165, 1.54) is 0 Å². The molecule has 0 fully saturated rings. The van der Waals surface area contributed by atoms with Crippen molar-refractivity contribution in [2.24, 2.45) is 0 Å². The highest BCUT2D eigenvalue weighted by Gasteiger charge is 2.16. The number of para-hydroxylation sites is 2. The van der Waals surface area contributed by atoms with Crippen LogP contribution < -0.4 is 0 Å². The molecule has 0 saturated carbocycles. The van der Waals surface area contributed by atoms with Crippen molar-refractivity contribution in [2.45, 2.75) is 0 Å². The van der Waals surface area contributed by atoms with Gasteiger partial charge in [0, 0.05) is 21.5 Å². The molecule has 0 unspecified atom stereocenters. The maximum Gasteiger partial charge on any atom is 0.135 e. The summed E-state index contributed by atoms with van der Waals surface area (Å²) in [5.41, 5.74) is 5.09. The van der Waals surface area contributed by atoms with Crippen molar-refractivity contribution < 1.29 is 8.83 Å². The van der Waals surface area contributed by atoms with Crippen molar-refractivity contribution in [3.63, 3.8) is 0 Å². The van der Waals surface area contributed by atoms with Crippen molar-refractivity contribution in [1.82, 2.24) is 0 Å². The van der Waals surface area contributed by atoms with Crippen molar-refractivity contribution in [3.8, 4) is 12.1 Å². The molecule has 0 aliphatic rings. The van der Waals surface area contributed by atoms with E-state index in [9.17, 15) is 10.5 Å². The predicted molar refractivity (Wildman–Crippen MR) is 125 cm³/mol. The van der Waals surface area contributed by atoms with Gasteiger partial charge in [0.05, 0.1) is 11.1 Å². The molecule has 0 spiro atoms. The zero-order valence-electron chi connectivity index (χ0n) is 16.8. The Labute approximate surface area is 182 Å². The maximum absolute atomic E-state index is 10.0. The third-order valence-electron chi connectivity index (χ3n) is 5.80. The van der Waals surface area contributed by atoms with E-state index >= 15 is 0 Å². The summed E-state index contributed by atoms with van der Waals surface area (Å²) in [4.78, 5) is 0. The topological polar surface area (TPSA) is 73.9 Å². The highest BCUT2D eigenvalue weighted by atomic mass is 16.3. The largest absolute Gasteiger partial charge is 0.456 e. The van der Waals surface area contributed by atoms with Gasteiger partial charge in [-0.25, -0.2) is 0 Å². The summed E-state index contributed by atoms with van der Waals surface area (Å²) in [5, 5.41) is 23.8. The number of benzene rings is 4. The fourth-order valence-corrected chi connectivity index (χ4v) is 4.29. The number of allylic oxidation sites excluding steroid dienone is 2. The average Bonchev–Trinajstić information content (AvgIpc) is 3.40. The maximum atomic E-state index is 10.0. The van der Waals surface area contributed by atoms with Gasteiger partial charge >= 0.3 is 0 Å². The van der Waals surface area contributed by atoms with E-state index in [-0.39, 0.29) is 0 Å². The SMILES string of the molecule is N#C/C(=C(\C#N)c1ccc2oc3ccccc3c2c1)c1ccc2oc3ccccc3c2c1. The zero-order chi connectivity index (χ0) is 21.7. The Kier molecular flexibility index (Phi) is 3.87. The Bertz CT molecular complexity index is 1670. The Morgan fingerprint density at radius 1 is 0.500 bits per heavy atom. The third-order valence-corrected chi connectivity index (χ3v) is 5.80. The summed E-state index contributed by atoms with van der Waals surface area (Å²) in [6, 6.07) is 31.3. The molecule has 2 aromatic heterocycles. The fourth-order valence-electron chi connectivity index (χ4n) is 4.29. The smallest absolute Gasteiger partial charge is 0.135 e. The van der Waals surface area contributed by atoms with E-state index in [1.807, 2.05) is 84.9 Å². The monoisotopic (exact) mass is 410 g/mol. The lowest BCUT2D eigenvalue weighted by molar-refractivity contribution is 0.668. The first-order valence-corrected chi connectivity index (χ1v) is 10.1. The second kappa shape index (κ2) is 6.87. The molecule has 4 nitrogen and oxygen atoms in total. The minimum atomic E-state index is 0.326. The lowest BCUT2D eigenvalue weighted by atomic mass is 9.94. The number of hydrogen-bond acceptors (Lipinski definition) is 4. The lowest BCUT2D eigenvalue weighted by Gasteiger charge is -2.05. The molecule has 0 bridgehead atoms. The van der Waals surface area contributed by atoms with Crippen LogP contribution in [0.2, 0.25) is 0 Å². The Morgan fingerprint density at radius 3 is 1.34 bits per heavy atom. The van der Waals surface area contributed by atoms with Gasteiger partial charge in [0.15, 0.2) is 0 Å². The molecule has 4 heteroatoms. The van der Waals surface area contributed by atoms with Gasteiger partial charge in [0.1, 0.15) is 34.5 Å². The summed E-state index contributed by atoms with van der Waals surface area (Å²) in [6.45, 7) is 0. The van der Waals surface area contributed by atoms with Crippen molar-refractivity contribution in [3.05, 3.63) is 96.1 Å². The van der Waals surface area contributed by atoms with Gasteiger partial charge in [0.25, 0.3) is 0 Å². The first kappa shape index (κ1) is 18.0. The zero-order valence-corrected chi connectivity index (χ0v) is 16.8. The molecule has 0 amide bonds. The highest BCUT2D eigenvalue weighted by Crippen LogP contribution is 2.35. The quantitative estimate of drug-likeness (QED) is 0.219. The standard InChI is InChI=1S/C28H14N2O2/c29-15-23(17-9-11-27-21(13-17)19-5-1-3-7-25(19)31-27)24(16-30)18-10-12-28-22(14-18)20-6-2-4-8-26(20)32-28/h1-14H/b24-23-. The number of nitriles is 2. The van der Waals surface area contributed by atoms with Gasteiger partial charge in [-0.3, -0.25) is 0 Å². The van der Waals surface area contributed by atoms with Crippen molar-refractivity contribution >= 4 is 55.0 Å². The lowest BCUT2D eigenvalue weighted by Crippen LogP contribution is -1.90. The van der Waals surface area contributed by atoms with E-state index in [4.69, 9.17) is 8.83 Å². The number of fused-ring (bicyclic) bond motifs is 6. The molecule has 0 aliphatic carbocycles. The fraction of sp³-hybridized carbons (Fsp3) is 0. The molecule has 0 aliphatic heterocycles. The van der Waals surface area contributed by atoms with Crippen LogP contribution in [0.5, 0.6) is 0 Å². The predicted octanol–water partition coefficient (Wildman–Crippen LogP) is 7.44. The van der Waals surface area contributed by atoms with Gasteiger partial charge in [-0.1, -0.05) is 36.4 Å². The van der Waals surface area contributed by atoms with Crippen LogP contribution in [0.25, 0.3) is 55.0 Å². The summed E-state index contributed by atoms with van der Waals surface area (Å²) < 4.78 is 11.8.